The fourth-order valence-corrected chi connectivity index (χ4v) is 1.17. The van der Waals surface area contributed by atoms with E-state index in [1.807, 2.05) is 0 Å². The molecule has 0 saturated carbocycles. The van der Waals surface area contributed by atoms with Gasteiger partial charge in [-0.05, 0) is 26.1 Å². The van der Waals surface area contributed by atoms with Crippen LogP contribution in [0.1, 0.15) is 13.8 Å². The second-order valence-electron chi connectivity index (χ2n) is 4.59. The van der Waals surface area contributed by atoms with E-state index >= 15 is 0 Å². The van der Waals surface area contributed by atoms with Crippen LogP contribution in [-0.4, -0.2) is 69.6 Å². The highest BCUT2D eigenvalue weighted by molar-refractivity contribution is 5.82. The molecule has 0 heterocycles. The predicted octanol–water partition coefficient (Wildman–Crippen LogP) is -0.630. The summed E-state index contributed by atoms with van der Waals surface area (Å²) in [6.45, 7) is 2.09. The minimum absolute atomic E-state index is 0.461. The van der Waals surface area contributed by atoms with Crippen molar-refractivity contribution in [1.29, 1.82) is 0 Å². The highest BCUT2D eigenvalue weighted by atomic mass is 16.6. The molecule has 25 heavy (non-hydrogen) atoms. The summed E-state index contributed by atoms with van der Waals surface area (Å²) in [5.41, 5.74) is 0. The van der Waals surface area contributed by atoms with Crippen LogP contribution in [0.15, 0.2) is 17.3 Å². The van der Waals surface area contributed by atoms with Crippen molar-refractivity contribution in [2.45, 2.75) is 25.9 Å². The lowest BCUT2D eigenvalue weighted by Gasteiger charge is -2.10. The average Bonchev–Trinajstić information content (AvgIpc) is 2.62. The third kappa shape index (κ3) is 10.5. The number of aliphatic imine (C=N–C) groups is 1. The van der Waals surface area contributed by atoms with Gasteiger partial charge in [-0.2, -0.15) is 0 Å². The number of hydrogen-bond donors (Lipinski definition) is 1. The Morgan fingerprint density at radius 3 is 2.00 bits per heavy atom. The van der Waals surface area contributed by atoms with Crippen molar-refractivity contribution in [3.05, 3.63) is 12.3 Å². The maximum absolute atomic E-state index is 11.5. The Balaban J connectivity index is 4.14. The highest BCUT2D eigenvalue weighted by Crippen LogP contribution is 1.94. The molecule has 0 aromatic heterocycles. The zero-order valence-electron chi connectivity index (χ0n) is 14.5. The Hall–Kier alpha value is -2.91. The van der Waals surface area contributed by atoms with Gasteiger partial charge in [-0.25, -0.2) is 19.2 Å². The van der Waals surface area contributed by atoms with Gasteiger partial charge in [0.1, 0.15) is 12.1 Å². The van der Waals surface area contributed by atoms with Gasteiger partial charge in [-0.15, -0.1) is 0 Å². The van der Waals surface area contributed by atoms with Gasteiger partial charge in [0, 0.05) is 6.21 Å². The van der Waals surface area contributed by atoms with Crippen LogP contribution in [0.25, 0.3) is 0 Å². The summed E-state index contributed by atoms with van der Waals surface area (Å²) < 4.78 is 18.0. The van der Waals surface area contributed by atoms with Gasteiger partial charge < -0.3 is 24.3 Å². The van der Waals surface area contributed by atoms with Gasteiger partial charge in [0.25, 0.3) is 0 Å². The standard InChI is InChI=1S/C15H22N2O8/c1-10(14(20)24-8-12(18)22-3)16-6-5-7-17-11(2)15(21)25-9-13(19)23-4/h5-7,10-11,16H,8-9H2,1-4H3/b6-5+,17-7?/t10-,11-/m0/s1. The van der Waals surface area contributed by atoms with E-state index in [0.717, 1.165) is 0 Å². The number of nitrogens with one attached hydrogen (secondary N) is 1. The smallest absolute Gasteiger partial charge is 0.344 e. The van der Waals surface area contributed by atoms with Crippen molar-refractivity contribution in [3.63, 3.8) is 0 Å². The number of esters is 4. The first-order valence-corrected chi connectivity index (χ1v) is 7.23. The van der Waals surface area contributed by atoms with Crippen LogP contribution in [0.5, 0.6) is 0 Å². The summed E-state index contributed by atoms with van der Waals surface area (Å²) in [5, 5.41) is 2.70. The molecule has 0 bridgehead atoms. The Morgan fingerprint density at radius 1 is 0.960 bits per heavy atom. The van der Waals surface area contributed by atoms with E-state index in [9.17, 15) is 19.2 Å². The molecule has 10 nitrogen and oxygen atoms in total. The summed E-state index contributed by atoms with van der Waals surface area (Å²) in [6.07, 6.45) is 4.19. The summed E-state index contributed by atoms with van der Waals surface area (Å²) in [5.74, 6) is -2.63. The molecule has 0 amide bonds. The molecule has 10 heteroatoms. The number of nitrogens with zero attached hydrogens (tertiary/aromatic N) is 1. The van der Waals surface area contributed by atoms with E-state index in [4.69, 9.17) is 4.74 Å². The zero-order chi connectivity index (χ0) is 19.2. The minimum Gasteiger partial charge on any atom is -0.466 e. The molecule has 0 unspecified atom stereocenters. The lowest BCUT2D eigenvalue weighted by molar-refractivity contribution is -0.157. The van der Waals surface area contributed by atoms with Gasteiger partial charge in [0.05, 0.1) is 14.2 Å². The third-order valence-corrected chi connectivity index (χ3v) is 2.65. The van der Waals surface area contributed by atoms with Crippen molar-refractivity contribution in [1.82, 2.24) is 5.32 Å². The zero-order valence-corrected chi connectivity index (χ0v) is 14.5. The molecule has 1 N–H and O–H groups in total. The van der Waals surface area contributed by atoms with E-state index in [1.165, 1.54) is 46.6 Å². The number of hydrogen-bond acceptors (Lipinski definition) is 10. The Kier molecular flexibility index (Phi) is 11.0. The quantitative estimate of drug-likeness (QED) is 0.308. The fraction of sp³-hybridized carbons (Fsp3) is 0.533. The van der Waals surface area contributed by atoms with Crippen molar-refractivity contribution < 1.29 is 38.1 Å². The maximum atomic E-state index is 11.5. The van der Waals surface area contributed by atoms with Crippen LogP contribution in [0.2, 0.25) is 0 Å². The summed E-state index contributed by atoms with van der Waals surface area (Å²) in [6, 6.07) is -1.51. The van der Waals surface area contributed by atoms with Gasteiger partial charge in [0.2, 0.25) is 0 Å². The van der Waals surface area contributed by atoms with E-state index in [0.29, 0.717) is 0 Å². The maximum Gasteiger partial charge on any atom is 0.344 e. The molecule has 0 aliphatic carbocycles. The van der Waals surface area contributed by atoms with E-state index in [-0.39, 0.29) is 0 Å². The van der Waals surface area contributed by atoms with Crippen molar-refractivity contribution >= 4 is 30.1 Å². The average molecular weight is 358 g/mol. The van der Waals surface area contributed by atoms with Gasteiger partial charge >= 0.3 is 23.9 Å². The summed E-state index contributed by atoms with van der Waals surface area (Å²) in [7, 11) is 2.37. The normalized spacial score (nSPS) is 13.1. The lowest BCUT2D eigenvalue weighted by atomic mass is 10.3. The number of carbonyl (C=O) groups is 4. The number of allylic oxidation sites excluding steroid dienone is 1. The van der Waals surface area contributed by atoms with E-state index < -0.39 is 49.2 Å². The van der Waals surface area contributed by atoms with Crippen molar-refractivity contribution in [3.8, 4) is 0 Å². The van der Waals surface area contributed by atoms with Crippen LogP contribution < -0.4 is 5.32 Å². The molecule has 0 spiro atoms. The number of rotatable bonds is 10. The van der Waals surface area contributed by atoms with Crippen molar-refractivity contribution in [2.75, 3.05) is 27.4 Å². The molecule has 0 rings (SSSR count). The Labute approximate surface area is 145 Å². The second-order valence-corrected chi connectivity index (χ2v) is 4.59. The second kappa shape index (κ2) is 12.5. The first kappa shape index (κ1) is 22.1. The molecule has 0 aliphatic rings. The van der Waals surface area contributed by atoms with Crippen LogP contribution in [0.4, 0.5) is 0 Å². The third-order valence-electron chi connectivity index (χ3n) is 2.65. The molecule has 0 aromatic rings. The van der Waals surface area contributed by atoms with Gasteiger partial charge in [-0.3, -0.25) is 4.99 Å². The van der Waals surface area contributed by atoms with Crippen LogP contribution in [-0.2, 0) is 38.1 Å². The molecule has 2 atom stereocenters. The molecular weight excluding hydrogens is 336 g/mol. The van der Waals surface area contributed by atoms with Crippen LogP contribution in [0, 0.1) is 0 Å². The van der Waals surface area contributed by atoms with E-state index in [2.05, 4.69) is 24.5 Å². The monoisotopic (exact) mass is 358 g/mol. The molecule has 0 fully saturated rings. The molecule has 0 aliphatic heterocycles. The van der Waals surface area contributed by atoms with E-state index in [1.54, 1.807) is 0 Å². The highest BCUT2D eigenvalue weighted by Gasteiger charge is 2.15. The van der Waals surface area contributed by atoms with Crippen LogP contribution >= 0.6 is 0 Å². The first-order chi connectivity index (χ1) is 11.8. The largest absolute Gasteiger partial charge is 0.466 e. The van der Waals surface area contributed by atoms with Gasteiger partial charge in [0.15, 0.2) is 13.2 Å². The SMILES string of the molecule is COC(=O)COC(=O)[C@H](C)N=C/C=C/N[C@@H](C)C(=O)OCC(=O)OC. The lowest BCUT2D eigenvalue weighted by Crippen LogP contribution is -2.33. The first-order valence-electron chi connectivity index (χ1n) is 7.23. The molecule has 140 valence electrons. The number of carbonyl (C=O) groups excluding carboxylic acids is 4. The Bertz CT molecular complexity index is 530. The fourth-order valence-electron chi connectivity index (χ4n) is 1.17. The number of methoxy groups -OCH3 is 2. The molecular formula is C15H22N2O8. The minimum atomic E-state index is -0.809. The Morgan fingerprint density at radius 2 is 1.48 bits per heavy atom. The predicted molar refractivity (Wildman–Crippen MR) is 85.6 cm³/mol. The number of ether oxygens (including phenoxy) is 4. The molecule has 0 aromatic carbocycles. The van der Waals surface area contributed by atoms with Crippen molar-refractivity contribution in [2.24, 2.45) is 4.99 Å². The van der Waals surface area contributed by atoms with Gasteiger partial charge in [-0.1, -0.05) is 0 Å². The molecule has 0 radical (unpaired) electrons. The summed E-state index contributed by atoms with van der Waals surface area (Å²) >= 11 is 0. The summed E-state index contributed by atoms with van der Waals surface area (Å²) in [4.78, 5) is 48.6. The van der Waals surface area contributed by atoms with Crippen LogP contribution in [0.3, 0.4) is 0 Å². The topological polar surface area (TPSA) is 130 Å². The molecule has 0 saturated heterocycles.